The van der Waals surface area contributed by atoms with Crippen LogP contribution >= 0.6 is 23.1 Å². The smallest absolute Gasteiger partial charge is 0.239 e. The van der Waals surface area contributed by atoms with E-state index in [0.29, 0.717) is 11.7 Å². The SMILES string of the molecule is Cc1nc(S[C@@H](C)c2nc(C(C)(C)C)no2)sc1CC(N)=O. The van der Waals surface area contributed by atoms with E-state index in [0.717, 1.165) is 14.9 Å². The standard InChI is InChI=1S/C14H20N4O2S2/c1-7-9(6-10(15)19)22-13(16-7)21-8(2)11-17-12(18-20-11)14(3,4)5/h8H,6H2,1-5H3,(H2,15,19)/t8-/m0/s1. The third-order valence-electron chi connectivity index (χ3n) is 2.95. The van der Waals surface area contributed by atoms with Crippen LogP contribution in [0.3, 0.4) is 0 Å². The molecule has 2 aromatic heterocycles. The quantitative estimate of drug-likeness (QED) is 0.841. The van der Waals surface area contributed by atoms with E-state index in [-0.39, 0.29) is 23.0 Å². The number of amides is 1. The highest BCUT2D eigenvalue weighted by Gasteiger charge is 2.24. The molecule has 1 amide bonds. The molecule has 0 radical (unpaired) electrons. The van der Waals surface area contributed by atoms with E-state index >= 15 is 0 Å². The molecule has 0 aliphatic heterocycles. The Bertz CT molecular complexity index is 673. The Morgan fingerprint density at radius 1 is 1.41 bits per heavy atom. The van der Waals surface area contributed by atoms with Gasteiger partial charge in [-0.05, 0) is 13.8 Å². The summed E-state index contributed by atoms with van der Waals surface area (Å²) in [6.45, 7) is 10.0. The molecule has 6 nitrogen and oxygen atoms in total. The number of rotatable bonds is 5. The van der Waals surface area contributed by atoms with Gasteiger partial charge in [-0.3, -0.25) is 4.79 Å². The van der Waals surface area contributed by atoms with E-state index in [2.05, 4.69) is 15.1 Å². The van der Waals surface area contributed by atoms with Gasteiger partial charge in [0.05, 0.1) is 17.4 Å². The molecule has 22 heavy (non-hydrogen) atoms. The van der Waals surface area contributed by atoms with Gasteiger partial charge in [0.2, 0.25) is 11.8 Å². The number of primary amides is 1. The van der Waals surface area contributed by atoms with Crippen LogP contribution in [0.2, 0.25) is 0 Å². The zero-order valence-corrected chi connectivity index (χ0v) is 15.0. The van der Waals surface area contributed by atoms with Gasteiger partial charge in [-0.2, -0.15) is 4.98 Å². The van der Waals surface area contributed by atoms with Crippen molar-refractivity contribution >= 4 is 29.0 Å². The van der Waals surface area contributed by atoms with Crippen LogP contribution in [-0.4, -0.2) is 21.0 Å². The summed E-state index contributed by atoms with van der Waals surface area (Å²) in [4.78, 5) is 20.9. The van der Waals surface area contributed by atoms with Crippen molar-refractivity contribution in [2.75, 3.05) is 0 Å². The normalized spacial score (nSPS) is 13.3. The molecule has 0 aliphatic carbocycles. The van der Waals surface area contributed by atoms with Crippen LogP contribution < -0.4 is 5.73 Å². The minimum Gasteiger partial charge on any atom is -0.369 e. The maximum Gasteiger partial charge on any atom is 0.239 e. The summed E-state index contributed by atoms with van der Waals surface area (Å²) in [5, 5.41) is 4.03. The first kappa shape index (κ1) is 17.0. The summed E-state index contributed by atoms with van der Waals surface area (Å²) < 4.78 is 6.22. The van der Waals surface area contributed by atoms with Gasteiger partial charge < -0.3 is 10.3 Å². The summed E-state index contributed by atoms with van der Waals surface area (Å²) in [6, 6.07) is 0. The average molecular weight is 340 g/mol. The topological polar surface area (TPSA) is 94.9 Å². The summed E-state index contributed by atoms with van der Waals surface area (Å²) >= 11 is 3.03. The number of carbonyl (C=O) groups is 1. The molecule has 0 bridgehead atoms. The van der Waals surface area contributed by atoms with Crippen molar-refractivity contribution in [3.05, 3.63) is 22.3 Å². The molecule has 120 valence electrons. The van der Waals surface area contributed by atoms with Crippen molar-refractivity contribution in [1.29, 1.82) is 0 Å². The first-order valence-electron chi connectivity index (χ1n) is 6.92. The van der Waals surface area contributed by atoms with E-state index in [1.54, 1.807) is 11.8 Å². The molecule has 2 heterocycles. The van der Waals surface area contributed by atoms with Crippen LogP contribution in [0, 0.1) is 6.92 Å². The van der Waals surface area contributed by atoms with Gasteiger partial charge in [0, 0.05) is 10.3 Å². The van der Waals surface area contributed by atoms with E-state index < -0.39 is 0 Å². The molecule has 0 spiro atoms. The maximum absolute atomic E-state index is 11.0. The van der Waals surface area contributed by atoms with Gasteiger partial charge in [-0.15, -0.1) is 11.3 Å². The summed E-state index contributed by atoms with van der Waals surface area (Å²) in [5.41, 5.74) is 5.94. The predicted molar refractivity (Wildman–Crippen MR) is 87.0 cm³/mol. The summed E-state index contributed by atoms with van der Waals surface area (Å²) in [6.07, 6.45) is 0.229. The average Bonchev–Trinajstić information content (AvgIpc) is 2.96. The molecule has 2 rings (SSSR count). The highest BCUT2D eigenvalue weighted by atomic mass is 32.2. The number of thioether (sulfide) groups is 1. The molecule has 0 aliphatic rings. The van der Waals surface area contributed by atoms with Crippen molar-refractivity contribution in [2.45, 2.75) is 56.0 Å². The maximum atomic E-state index is 11.0. The number of aromatic nitrogens is 3. The number of hydrogen-bond donors (Lipinski definition) is 1. The Morgan fingerprint density at radius 2 is 2.09 bits per heavy atom. The van der Waals surface area contributed by atoms with Crippen molar-refractivity contribution in [2.24, 2.45) is 5.73 Å². The molecule has 0 fully saturated rings. The van der Waals surface area contributed by atoms with Crippen LogP contribution in [0.4, 0.5) is 0 Å². The predicted octanol–water partition coefficient (Wildman–Crippen LogP) is 3.01. The molecule has 2 aromatic rings. The van der Waals surface area contributed by atoms with E-state index in [9.17, 15) is 4.79 Å². The minimum absolute atomic E-state index is 0.00409. The lowest BCUT2D eigenvalue weighted by molar-refractivity contribution is -0.117. The lowest BCUT2D eigenvalue weighted by atomic mass is 9.96. The number of aryl methyl sites for hydroxylation is 1. The summed E-state index contributed by atoms with van der Waals surface area (Å²) in [5.74, 6) is 0.932. The molecule has 0 unspecified atom stereocenters. The number of nitrogens with two attached hydrogens (primary N) is 1. The van der Waals surface area contributed by atoms with Gasteiger partial charge in [-0.25, -0.2) is 4.98 Å². The highest BCUT2D eigenvalue weighted by Crippen LogP contribution is 2.38. The van der Waals surface area contributed by atoms with Crippen molar-refractivity contribution < 1.29 is 9.32 Å². The Balaban J connectivity index is 2.10. The van der Waals surface area contributed by atoms with E-state index in [1.165, 1.54) is 11.3 Å². The van der Waals surface area contributed by atoms with Crippen LogP contribution in [0.25, 0.3) is 0 Å². The number of thiazole rings is 1. The minimum atomic E-state index is -0.344. The molecule has 0 saturated heterocycles. The van der Waals surface area contributed by atoms with Crippen LogP contribution in [0.1, 0.15) is 55.2 Å². The third kappa shape index (κ3) is 4.07. The lowest BCUT2D eigenvalue weighted by Gasteiger charge is -2.11. The molecular weight excluding hydrogens is 320 g/mol. The first-order chi connectivity index (χ1) is 10.2. The Morgan fingerprint density at radius 3 is 2.64 bits per heavy atom. The van der Waals surface area contributed by atoms with Gasteiger partial charge in [-0.1, -0.05) is 37.7 Å². The Kier molecular flexibility index (Phi) is 4.91. The zero-order chi connectivity index (χ0) is 16.5. The Labute approximate surface area is 137 Å². The second-order valence-corrected chi connectivity index (χ2v) is 8.77. The summed E-state index contributed by atoms with van der Waals surface area (Å²) in [7, 11) is 0. The molecule has 0 aromatic carbocycles. The molecule has 2 N–H and O–H groups in total. The fraction of sp³-hybridized carbons (Fsp3) is 0.571. The first-order valence-corrected chi connectivity index (χ1v) is 8.61. The number of hydrogen-bond acceptors (Lipinski definition) is 7. The molecule has 8 heteroatoms. The fourth-order valence-corrected chi connectivity index (χ4v) is 4.10. The van der Waals surface area contributed by atoms with Gasteiger partial charge in [0.1, 0.15) is 0 Å². The van der Waals surface area contributed by atoms with Gasteiger partial charge in [0.15, 0.2) is 10.2 Å². The van der Waals surface area contributed by atoms with E-state index in [1.807, 2.05) is 34.6 Å². The number of carbonyl (C=O) groups excluding carboxylic acids is 1. The fourth-order valence-electron chi connectivity index (χ4n) is 1.68. The third-order valence-corrected chi connectivity index (χ3v) is 5.28. The zero-order valence-electron chi connectivity index (χ0n) is 13.3. The highest BCUT2D eigenvalue weighted by molar-refractivity contribution is 8.01. The van der Waals surface area contributed by atoms with Gasteiger partial charge in [0.25, 0.3) is 0 Å². The number of nitrogens with zero attached hydrogens (tertiary/aromatic N) is 3. The molecular formula is C14H20N4O2S2. The molecule has 0 saturated carbocycles. The van der Waals surface area contributed by atoms with Crippen molar-refractivity contribution in [1.82, 2.24) is 15.1 Å². The van der Waals surface area contributed by atoms with Crippen molar-refractivity contribution in [3.8, 4) is 0 Å². The lowest BCUT2D eigenvalue weighted by Crippen LogP contribution is -2.13. The van der Waals surface area contributed by atoms with E-state index in [4.69, 9.17) is 10.3 Å². The second kappa shape index (κ2) is 6.37. The molecule has 1 atom stereocenters. The monoisotopic (exact) mass is 340 g/mol. The van der Waals surface area contributed by atoms with Gasteiger partial charge >= 0.3 is 0 Å². The second-order valence-electron chi connectivity index (χ2n) is 6.10. The van der Waals surface area contributed by atoms with Crippen LogP contribution in [0.15, 0.2) is 8.86 Å². The van der Waals surface area contributed by atoms with Crippen LogP contribution in [0.5, 0.6) is 0 Å². The largest absolute Gasteiger partial charge is 0.369 e. The van der Waals surface area contributed by atoms with Crippen LogP contribution in [-0.2, 0) is 16.6 Å². The Hall–Kier alpha value is -1.41. The van der Waals surface area contributed by atoms with Crippen molar-refractivity contribution in [3.63, 3.8) is 0 Å².